The van der Waals surface area contributed by atoms with Crippen LogP contribution in [0.2, 0.25) is 0 Å². The van der Waals surface area contributed by atoms with Gasteiger partial charge in [-0.05, 0) is 24.3 Å². The van der Waals surface area contributed by atoms with Crippen molar-refractivity contribution in [3.05, 3.63) is 35.4 Å². The van der Waals surface area contributed by atoms with Gasteiger partial charge in [-0.15, -0.1) is 0 Å². The summed E-state index contributed by atoms with van der Waals surface area (Å²) in [4.78, 5) is 11.8. The molecule has 20 heavy (non-hydrogen) atoms. The van der Waals surface area contributed by atoms with Gasteiger partial charge in [0.15, 0.2) is 0 Å². The number of ether oxygens (including phenoxy) is 1. The molecule has 110 valence electrons. The van der Waals surface area contributed by atoms with Gasteiger partial charge >= 0.3 is 12.1 Å². The van der Waals surface area contributed by atoms with Crippen molar-refractivity contribution in [2.75, 3.05) is 11.5 Å². The van der Waals surface area contributed by atoms with Gasteiger partial charge < -0.3 is 9.84 Å². The van der Waals surface area contributed by atoms with E-state index in [0.717, 1.165) is 24.3 Å². The number of carbonyl (C=O) groups is 1. The van der Waals surface area contributed by atoms with E-state index in [1.165, 1.54) is 21.6 Å². The molecule has 0 aliphatic carbocycles. The third-order valence-electron chi connectivity index (χ3n) is 2.69. The van der Waals surface area contributed by atoms with Crippen molar-refractivity contribution in [3.63, 3.8) is 0 Å². The SMILES string of the molecule is O=C(O[C@H]1CSSC[C@@H]1O)c1ccc(C(F)(F)F)cc1. The Bertz CT molecular complexity index is 476. The average Bonchev–Trinajstić information content (AvgIpc) is 2.40. The van der Waals surface area contributed by atoms with E-state index >= 15 is 0 Å². The fraction of sp³-hybridized carbons (Fsp3) is 0.417. The molecule has 0 aromatic heterocycles. The van der Waals surface area contributed by atoms with Crippen LogP contribution in [0, 0.1) is 0 Å². The molecule has 0 saturated carbocycles. The highest BCUT2D eigenvalue weighted by atomic mass is 33.1. The molecule has 0 amide bonds. The Morgan fingerprint density at radius 3 is 2.35 bits per heavy atom. The maximum Gasteiger partial charge on any atom is 0.416 e. The van der Waals surface area contributed by atoms with Gasteiger partial charge in [-0.1, -0.05) is 21.6 Å². The summed E-state index contributed by atoms with van der Waals surface area (Å²) in [6.45, 7) is 0. The van der Waals surface area contributed by atoms with Crippen molar-refractivity contribution in [1.29, 1.82) is 0 Å². The number of hydrogen-bond acceptors (Lipinski definition) is 5. The number of halogens is 3. The van der Waals surface area contributed by atoms with E-state index < -0.39 is 29.9 Å². The van der Waals surface area contributed by atoms with Crippen LogP contribution in [0.1, 0.15) is 15.9 Å². The first-order chi connectivity index (χ1) is 9.38. The summed E-state index contributed by atoms with van der Waals surface area (Å²) >= 11 is 0. The number of carbonyl (C=O) groups excluding carboxylic acids is 1. The normalized spacial score (nSPS) is 23.4. The zero-order valence-corrected chi connectivity index (χ0v) is 11.7. The molecule has 0 spiro atoms. The lowest BCUT2D eigenvalue weighted by Gasteiger charge is -2.26. The molecule has 2 rings (SSSR count). The van der Waals surface area contributed by atoms with Gasteiger partial charge in [-0.2, -0.15) is 13.2 Å². The Morgan fingerprint density at radius 1 is 1.20 bits per heavy atom. The van der Waals surface area contributed by atoms with Gasteiger partial charge in [0.2, 0.25) is 0 Å². The standard InChI is InChI=1S/C12H11F3O3S2/c13-12(14,15)8-3-1-7(2-4-8)11(17)18-10-6-20-19-5-9(10)16/h1-4,9-10,16H,5-6H2/t9-,10-/m0/s1. The van der Waals surface area contributed by atoms with Crippen molar-refractivity contribution in [3.8, 4) is 0 Å². The molecule has 1 N–H and O–H groups in total. The van der Waals surface area contributed by atoms with E-state index in [4.69, 9.17) is 4.74 Å². The first-order valence-corrected chi connectivity index (χ1v) is 8.17. The molecule has 0 radical (unpaired) electrons. The first kappa shape index (κ1) is 15.5. The van der Waals surface area contributed by atoms with E-state index in [0.29, 0.717) is 11.5 Å². The van der Waals surface area contributed by atoms with Crippen molar-refractivity contribution < 1.29 is 27.8 Å². The molecule has 1 aliphatic heterocycles. The van der Waals surface area contributed by atoms with Crippen molar-refractivity contribution in [1.82, 2.24) is 0 Å². The van der Waals surface area contributed by atoms with E-state index in [2.05, 4.69) is 0 Å². The zero-order valence-electron chi connectivity index (χ0n) is 10.1. The van der Waals surface area contributed by atoms with Crippen LogP contribution in [0.3, 0.4) is 0 Å². The maximum absolute atomic E-state index is 12.4. The minimum absolute atomic E-state index is 0.0356. The molecule has 1 aromatic carbocycles. The third kappa shape index (κ3) is 3.83. The molecule has 0 bridgehead atoms. The van der Waals surface area contributed by atoms with Crippen LogP contribution >= 0.6 is 21.6 Å². The van der Waals surface area contributed by atoms with Crippen molar-refractivity contribution in [2.24, 2.45) is 0 Å². The van der Waals surface area contributed by atoms with E-state index in [1.54, 1.807) is 0 Å². The van der Waals surface area contributed by atoms with Gasteiger partial charge in [0.05, 0.1) is 11.1 Å². The molecule has 8 heteroatoms. The molecule has 2 atom stereocenters. The van der Waals surface area contributed by atoms with Crippen LogP contribution in [-0.4, -0.2) is 34.8 Å². The monoisotopic (exact) mass is 324 g/mol. The van der Waals surface area contributed by atoms with Gasteiger partial charge in [0, 0.05) is 11.5 Å². The summed E-state index contributed by atoms with van der Waals surface area (Å²) in [5, 5.41) is 9.66. The van der Waals surface area contributed by atoms with Crippen LogP contribution in [0.15, 0.2) is 24.3 Å². The van der Waals surface area contributed by atoms with Gasteiger partial charge in [-0.25, -0.2) is 4.79 Å². The smallest absolute Gasteiger partial charge is 0.416 e. The number of aliphatic hydroxyl groups is 1. The molecule has 1 saturated heterocycles. The van der Waals surface area contributed by atoms with Gasteiger partial charge in [0.1, 0.15) is 12.2 Å². The number of esters is 1. The summed E-state index contributed by atoms with van der Waals surface area (Å²) in [6.07, 6.45) is -5.81. The predicted octanol–water partition coefficient (Wildman–Crippen LogP) is 2.99. The highest BCUT2D eigenvalue weighted by Gasteiger charge is 2.31. The number of benzene rings is 1. The molecule has 1 heterocycles. The second-order valence-corrected chi connectivity index (χ2v) is 6.71. The molecule has 0 unspecified atom stereocenters. The van der Waals surface area contributed by atoms with Crippen LogP contribution in [0.25, 0.3) is 0 Å². The highest BCUT2D eigenvalue weighted by Crippen LogP contribution is 2.32. The quantitative estimate of drug-likeness (QED) is 0.669. The lowest BCUT2D eigenvalue weighted by Crippen LogP contribution is -2.37. The van der Waals surface area contributed by atoms with Crippen LogP contribution in [0.4, 0.5) is 13.2 Å². The number of aliphatic hydroxyl groups excluding tert-OH is 1. The van der Waals surface area contributed by atoms with E-state index in [9.17, 15) is 23.1 Å². The van der Waals surface area contributed by atoms with Crippen LogP contribution < -0.4 is 0 Å². The van der Waals surface area contributed by atoms with Crippen LogP contribution in [-0.2, 0) is 10.9 Å². The molecule has 1 aromatic rings. The second-order valence-electron chi connectivity index (χ2n) is 4.16. The van der Waals surface area contributed by atoms with Crippen molar-refractivity contribution in [2.45, 2.75) is 18.4 Å². The Morgan fingerprint density at radius 2 is 1.80 bits per heavy atom. The lowest BCUT2D eigenvalue weighted by molar-refractivity contribution is -0.137. The molecule has 1 aliphatic rings. The maximum atomic E-state index is 12.4. The van der Waals surface area contributed by atoms with Crippen molar-refractivity contribution >= 4 is 27.6 Å². The average molecular weight is 324 g/mol. The van der Waals surface area contributed by atoms with E-state index in [-0.39, 0.29) is 5.56 Å². The zero-order chi connectivity index (χ0) is 14.8. The van der Waals surface area contributed by atoms with Gasteiger partial charge in [-0.3, -0.25) is 0 Å². The number of rotatable bonds is 2. The second kappa shape index (κ2) is 6.28. The summed E-state index contributed by atoms with van der Waals surface area (Å²) in [5.74, 6) is 0.184. The summed E-state index contributed by atoms with van der Waals surface area (Å²) < 4.78 is 42.3. The predicted molar refractivity (Wildman–Crippen MR) is 71.6 cm³/mol. The Labute approximate surface area is 121 Å². The molecular weight excluding hydrogens is 313 g/mol. The molecule has 3 nitrogen and oxygen atoms in total. The van der Waals surface area contributed by atoms with E-state index in [1.807, 2.05) is 0 Å². The third-order valence-corrected chi connectivity index (χ3v) is 5.12. The topological polar surface area (TPSA) is 46.5 Å². The fourth-order valence-corrected chi connectivity index (χ4v) is 3.93. The molecular formula is C12H11F3O3S2. The minimum Gasteiger partial charge on any atom is -0.455 e. The van der Waals surface area contributed by atoms with Gasteiger partial charge in [0.25, 0.3) is 0 Å². The molecule has 1 fully saturated rings. The Hall–Kier alpha value is -0.860. The summed E-state index contributed by atoms with van der Waals surface area (Å²) in [7, 11) is 2.97. The minimum atomic E-state index is -4.43. The number of hydrogen-bond donors (Lipinski definition) is 1. The lowest BCUT2D eigenvalue weighted by atomic mass is 10.1. The summed E-state index contributed by atoms with van der Waals surface area (Å²) in [5.41, 5.74) is -0.785. The summed E-state index contributed by atoms with van der Waals surface area (Å²) in [6, 6.07) is 3.81. The highest BCUT2D eigenvalue weighted by molar-refractivity contribution is 8.76. The Balaban J connectivity index is 2.02. The first-order valence-electron chi connectivity index (χ1n) is 5.68. The van der Waals surface area contributed by atoms with Crippen LogP contribution in [0.5, 0.6) is 0 Å². The number of alkyl halides is 3. The largest absolute Gasteiger partial charge is 0.455 e. The fourth-order valence-electron chi connectivity index (χ4n) is 1.56. The Kier molecular flexibility index (Phi) is 4.87.